The van der Waals surface area contributed by atoms with Crippen LogP contribution in [-0.4, -0.2) is 75.2 Å². The van der Waals surface area contributed by atoms with Gasteiger partial charge in [-0.2, -0.15) is 0 Å². The minimum Gasteiger partial charge on any atom is -0.357 e. The van der Waals surface area contributed by atoms with Crippen LogP contribution in [0.25, 0.3) is 0 Å². The van der Waals surface area contributed by atoms with Gasteiger partial charge in [0.25, 0.3) is 0 Å². The third kappa shape index (κ3) is 9.26. The molecule has 0 spiro atoms. The number of likely N-dealkylation sites (N-methyl/N-ethyl adjacent to an activating group) is 1. The number of aliphatic imine (C=N–C) groups is 1. The molecule has 22 heavy (non-hydrogen) atoms. The van der Waals surface area contributed by atoms with Crippen molar-refractivity contribution in [2.45, 2.75) is 40.0 Å². The molecule has 0 aliphatic carbocycles. The summed E-state index contributed by atoms with van der Waals surface area (Å²) in [5.41, 5.74) is 0. The van der Waals surface area contributed by atoms with E-state index in [9.17, 15) is 0 Å². The molecule has 0 aromatic rings. The lowest BCUT2D eigenvalue weighted by Crippen LogP contribution is -2.44. The van der Waals surface area contributed by atoms with Crippen LogP contribution in [0.1, 0.15) is 40.0 Å². The first-order valence-electron chi connectivity index (χ1n) is 9.05. The van der Waals surface area contributed by atoms with Gasteiger partial charge in [-0.25, -0.2) is 0 Å². The average Bonchev–Trinajstić information content (AvgIpc) is 2.48. The Morgan fingerprint density at radius 1 is 1.09 bits per heavy atom. The average molecular weight is 312 g/mol. The molecule has 0 atom stereocenters. The number of hydrogen-bond donors (Lipinski definition) is 2. The zero-order valence-corrected chi connectivity index (χ0v) is 15.2. The molecular weight excluding hydrogens is 274 g/mol. The molecule has 2 N–H and O–H groups in total. The molecule has 0 unspecified atom stereocenters. The van der Waals surface area contributed by atoms with Crippen molar-refractivity contribution in [3.63, 3.8) is 0 Å². The summed E-state index contributed by atoms with van der Waals surface area (Å²) in [5.74, 6) is 1.71. The summed E-state index contributed by atoms with van der Waals surface area (Å²) in [4.78, 5) is 9.66. The maximum atomic E-state index is 4.67. The molecule has 5 heteroatoms. The normalized spacial score (nSPS) is 18.0. The van der Waals surface area contributed by atoms with Gasteiger partial charge in [-0.3, -0.25) is 4.99 Å². The Morgan fingerprint density at radius 2 is 1.82 bits per heavy atom. The van der Waals surface area contributed by atoms with Gasteiger partial charge in [0.1, 0.15) is 0 Å². The summed E-state index contributed by atoms with van der Waals surface area (Å²) in [5, 5.41) is 6.74. The van der Waals surface area contributed by atoms with Crippen LogP contribution in [0.2, 0.25) is 0 Å². The molecular formula is C17H37N5. The summed E-state index contributed by atoms with van der Waals surface area (Å²) in [6.45, 7) is 15.6. The van der Waals surface area contributed by atoms with E-state index in [1.54, 1.807) is 0 Å². The zero-order valence-electron chi connectivity index (χ0n) is 15.2. The monoisotopic (exact) mass is 311 g/mol. The van der Waals surface area contributed by atoms with E-state index in [1.165, 1.54) is 52.0 Å². The molecule has 1 saturated heterocycles. The molecule has 130 valence electrons. The highest BCUT2D eigenvalue weighted by molar-refractivity contribution is 5.79. The SMILES string of the molecule is CCNC(=NCCCCN1CCN(C)CC1)NCCC(C)C. The second-order valence-corrected chi connectivity index (χ2v) is 6.72. The third-order valence-corrected chi connectivity index (χ3v) is 4.11. The molecule has 0 aromatic heterocycles. The Hall–Kier alpha value is -0.810. The molecule has 1 heterocycles. The lowest BCUT2D eigenvalue weighted by molar-refractivity contribution is 0.152. The highest BCUT2D eigenvalue weighted by atomic mass is 15.2. The second-order valence-electron chi connectivity index (χ2n) is 6.72. The summed E-state index contributed by atoms with van der Waals surface area (Å²) < 4.78 is 0. The number of nitrogens with zero attached hydrogens (tertiary/aromatic N) is 3. The van der Waals surface area contributed by atoms with Gasteiger partial charge in [0, 0.05) is 45.8 Å². The van der Waals surface area contributed by atoms with Crippen molar-refractivity contribution in [1.29, 1.82) is 0 Å². The molecule has 5 nitrogen and oxygen atoms in total. The Labute approximate surface area is 137 Å². The van der Waals surface area contributed by atoms with Crippen molar-refractivity contribution in [3.05, 3.63) is 0 Å². The molecule has 0 saturated carbocycles. The fraction of sp³-hybridized carbons (Fsp3) is 0.941. The van der Waals surface area contributed by atoms with E-state index >= 15 is 0 Å². The summed E-state index contributed by atoms with van der Waals surface area (Å²) >= 11 is 0. The Bertz CT molecular complexity index is 295. The number of guanidine groups is 1. The quantitative estimate of drug-likeness (QED) is 0.386. The van der Waals surface area contributed by atoms with Crippen LogP contribution < -0.4 is 10.6 Å². The predicted octanol–water partition coefficient (Wildman–Crippen LogP) is 1.62. The number of unbranched alkanes of at least 4 members (excludes halogenated alkanes) is 1. The van der Waals surface area contributed by atoms with E-state index < -0.39 is 0 Å². The second kappa shape index (κ2) is 11.7. The molecule has 0 aromatic carbocycles. The van der Waals surface area contributed by atoms with Crippen molar-refractivity contribution in [3.8, 4) is 0 Å². The highest BCUT2D eigenvalue weighted by Crippen LogP contribution is 2.02. The fourth-order valence-corrected chi connectivity index (χ4v) is 2.53. The van der Waals surface area contributed by atoms with E-state index in [0.717, 1.165) is 31.5 Å². The van der Waals surface area contributed by atoms with E-state index in [4.69, 9.17) is 0 Å². The summed E-state index contributed by atoms with van der Waals surface area (Å²) in [6.07, 6.45) is 3.61. The number of rotatable bonds is 9. The van der Waals surface area contributed by atoms with Gasteiger partial charge in [-0.15, -0.1) is 0 Å². The molecule has 1 aliphatic rings. The Balaban J connectivity index is 2.12. The van der Waals surface area contributed by atoms with E-state index in [2.05, 4.69) is 53.2 Å². The molecule has 1 fully saturated rings. The number of hydrogen-bond acceptors (Lipinski definition) is 3. The van der Waals surface area contributed by atoms with Gasteiger partial charge in [0.2, 0.25) is 0 Å². The maximum Gasteiger partial charge on any atom is 0.191 e. The largest absolute Gasteiger partial charge is 0.357 e. The molecule has 0 bridgehead atoms. The van der Waals surface area contributed by atoms with Crippen molar-refractivity contribution in [1.82, 2.24) is 20.4 Å². The zero-order chi connectivity index (χ0) is 16.2. The van der Waals surface area contributed by atoms with Crippen LogP contribution in [0.3, 0.4) is 0 Å². The van der Waals surface area contributed by atoms with Gasteiger partial charge in [0.05, 0.1) is 0 Å². The summed E-state index contributed by atoms with van der Waals surface area (Å²) in [7, 11) is 2.21. The van der Waals surface area contributed by atoms with Crippen LogP contribution in [0, 0.1) is 5.92 Å². The van der Waals surface area contributed by atoms with Crippen molar-refractivity contribution in [2.75, 3.05) is 59.4 Å². The maximum absolute atomic E-state index is 4.67. The first-order valence-corrected chi connectivity index (χ1v) is 9.05. The minimum atomic E-state index is 0.735. The van der Waals surface area contributed by atoms with E-state index in [-0.39, 0.29) is 0 Å². The van der Waals surface area contributed by atoms with Crippen LogP contribution in [0.5, 0.6) is 0 Å². The molecule has 1 aliphatic heterocycles. The lowest BCUT2D eigenvalue weighted by Gasteiger charge is -2.32. The van der Waals surface area contributed by atoms with Crippen LogP contribution >= 0.6 is 0 Å². The van der Waals surface area contributed by atoms with Gasteiger partial charge in [-0.1, -0.05) is 13.8 Å². The number of piperazine rings is 1. The number of nitrogens with one attached hydrogen (secondary N) is 2. The van der Waals surface area contributed by atoms with Gasteiger partial charge in [-0.05, 0) is 45.7 Å². The van der Waals surface area contributed by atoms with E-state index in [1.807, 2.05) is 0 Å². The van der Waals surface area contributed by atoms with Gasteiger partial charge in [0.15, 0.2) is 5.96 Å². The van der Waals surface area contributed by atoms with Gasteiger partial charge >= 0.3 is 0 Å². The van der Waals surface area contributed by atoms with Gasteiger partial charge < -0.3 is 20.4 Å². The van der Waals surface area contributed by atoms with Crippen LogP contribution in [-0.2, 0) is 0 Å². The fourth-order valence-electron chi connectivity index (χ4n) is 2.53. The molecule has 0 amide bonds. The van der Waals surface area contributed by atoms with Crippen molar-refractivity contribution in [2.24, 2.45) is 10.9 Å². The Kier molecular flexibility index (Phi) is 10.2. The summed E-state index contributed by atoms with van der Waals surface area (Å²) in [6, 6.07) is 0. The Morgan fingerprint density at radius 3 is 2.45 bits per heavy atom. The smallest absolute Gasteiger partial charge is 0.191 e. The first kappa shape index (κ1) is 19.2. The van der Waals surface area contributed by atoms with Crippen LogP contribution in [0.15, 0.2) is 4.99 Å². The lowest BCUT2D eigenvalue weighted by atomic mass is 10.1. The minimum absolute atomic E-state index is 0.735. The first-order chi connectivity index (χ1) is 10.6. The van der Waals surface area contributed by atoms with Crippen molar-refractivity contribution >= 4 is 5.96 Å². The topological polar surface area (TPSA) is 42.9 Å². The van der Waals surface area contributed by atoms with Crippen molar-refractivity contribution < 1.29 is 0 Å². The van der Waals surface area contributed by atoms with Crippen LogP contribution in [0.4, 0.5) is 0 Å². The highest BCUT2D eigenvalue weighted by Gasteiger charge is 2.12. The standard InChI is InChI=1S/C17H37N5/c1-5-18-17(20-10-8-16(2)3)19-9-6-7-11-22-14-12-21(4)13-15-22/h16H,5-15H2,1-4H3,(H2,18,19,20). The molecule has 0 radical (unpaired) electrons. The molecule has 1 rings (SSSR count). The third-order valence-electron chi connectivity index (χ3n) is 4.11. The van der Waals surface area contributed by atoms with E-state index in [0.29, 0.717) is 0 Å². The predicted molar refractivity (Wildman–Crippen MR) is 96.6 cm³/mol.